The molecule has 18 heavy (non-hydrogen) atoms. The van der Waals surface area contributed by atoms with Crippen LogP contribution in [0.3, 0.4) is 0 Å². The fourth-order valence-corrected chi connectivity index (χ4v) is 2.47. The molecule has 2 rings (SSSR count). The largest absolute Gasteiger partial charge is 0.342 e. The van der Waals surface area contributed by atoms with Crippen LogP contribution in [0.5, 0.6) is 0 Å². The molecule has 2 saturated heterocycles. The van der Waals surface area contributed by atoms with Crippen LogP contribution in [0.2, 0.25) is 0 Å². The number of nitrogens with zero attached hydrogens (tertiary/aromatic N) is 4. The first-order valence-corrected chi connectivity index (χ1v) is 6.70. The van der Waals surface area contributed by atoms with E-state index in [1.807, 2.05) is 9.80 Å². The number of hydrogen-bond acceptors (Lipinski definition) is 3. The van der Waals surface area contributed by atoms with Crippen LogP contribution in [0.1, 0.15) is 6.92 Å². The van der Waals surface area contributed by atoms with Crippen molar-refractivity contribution < 1.29 is 9.59 Å². The van der Waals surface area contributed by atoms with Gasteiger partial charge in [0.15, 0.2) is 0 Å². The van der Waals surface area contributed by atoms with Gasteiger partial charge in [-0.3, -0.25) is 4.79 Å². The minimum atomic E-state index is 0.124. The number of carbonyl (C=O) groups excluding carboxylic acids is 2. The molecule has 2 heterocycles. The predicted octanol–water partition coefficient (Wildman–Crippen LogP) is -0.482. The Balaban J connectivity index is 2.03. The third-order valence-electron chi connectivity index (χ3n) is 3.82. The van der Waals surface area contributed by atoms with Gasteiger partial charge in [-0.1, -0.05) is 6.92 Å². The molecule has 2 bridgehead atoms. The minimum Gasteiger partial charge on any atom is -0.342 e. The molecule has 2 aliphatic heterocycles. The zero-order chi connectivity index (χ0) is 13.0. The molecule has 2 aliphatic rings. The van der Waals surface area contributed by atoms with Crippen molar-refractivity contribution in [3.8, 4) is 0 Å². The highest BCUT2D eigenvalue weighted by Gasteiger charge is 2.28. The highest BCUT2D eigenvalue weighted by Crippen LogP contribution is 2.09. The summed E-state index contributed by atoms with van der Waals surface area (Å²) in [5.41, 5.74) is 0. The Morgan fingerprint density at radius 2 is 1.44 bits per heavy atom. The molecule has 0 N–H and O–H groups in total. The molecule has 0 aliphatic carbocycles. The fraction of sp³-hybridized carbons (Fsp3) is 0.833. The van der Waals surface area contributed by atoms with Gasteiger partial charge < -0.3 is 19.6 Å². The summed E-state index contributed by atoms with van der Waals surface area (Å²) in [7, 11) is 0. The Bertz CT molecular complexity index is 310. The first-order chi connectivity index (χ1) is 8.74. The second-order valence-electron chi connectivity index (χ2n) is 4.83. The van der Waals surface area contributed by atoms with Crippen molar-refractivity contribution in [2.45, 2.75) is 6.92 Å². The quantitative estimate of drug-likeness (QED) is 0.625. The molecule has 2 fully saturated rings. The maximum absolute atomic E-state index is 12.1. The number of amides is 3. The summed E-state index contributed by atoms with van der Waals surface area (Å²) >= 11 is 0. The molecule has 0 aromatic carbocycles. The van der Waals surface area contributed by atoms with Crippen molar-refractivity contribution in [2.24, 2.45) is 0 Å². The SMILES string of the molecule is CCN1CCN(C=O)CCN2CCN(CC1)C2=O. The molecule has 102 valence electrons. The topological polar surface area (TPSA) is 47.1 Å². The van der Waals surface area contributed by atoms with Crippen LogP contribution < -0.4 is 0 Å². The summed E-state index contributed by atoms with van der Waals surface area (Å²) in [5, 5.41) is 0. The van der Waals surface area contributed by atoms with Gasteiger partial charge in [-0.05, 0) is 6.54 Å². The van der Waals surface area contributed by atoms with Gasteiger partial charge in [0.2, 0.25) is 6.41 Å². The average molecular weight is 254 g/mol. The van der Waals surface area contributed by atoms with E-state index in [4.69, 9.17) is 0 Å². The standard InChI is InChI=1S/C12H22N4O2/c1-2-13-3-4-14(11-17)6-8-16-10-9-15(7-5-13)12(16)18/h11H,2-10H2,1H3. The van der Waals surface area contributed by atoms with Gasteiger partial charge in [0.05, 0.1) is 0 Å². The molecule has 0 aromatic rings. The summed E-state index contributed by atoms with van der Waals surface area (Å²) in [6, 6.07) is 0.124. The molecular weight excluding hydrogens is 232 g/mol. The Morgan fingerprint density at radius 1 is 0.944 bits per heavy atom. The molecule has 6 heteroatoms. The van der Waals surface area contributed by atoms with Gasteiger partial charge in [-0.25, -0.2) is 4.79 Å². The summed E-state index contributed by atoms with van der Waals surface area (Å²) < 4.78 is 0. The van der Waals surface area contributed by atoms with E-state index in [0.717, 1.165) is 52.2 Å². The minimum absolute atomic E-state index is 0.124. The highest BCUT2D eigenvalue weighted by molar-refractivity contribution is 5.76. The van der Waals surface area contributed by atoms with Gasteiger partial charge in [0, 0.05) is 52.4 Å². The van der Waals surface area contributed by atoms with Gasteiger partial charge in [-0.2, -0.15) is 0 Å². The molecule has 0 radical (unpaired) electrons. The lowest BCUT2D eigenvalue weighted by atomic mass is 10.4. The monoisotopic (exact) mass is 254 g/mol. The van der Waals surface area contributed by atoms with E-state index in [9.17, 15) is 9.59 Å². The lowest BCUT2D eigenvalue weighted by Crippen LogP contribution is -2.39. The predicted molar refractivity (Wildman–Crippen MR) is 68.3 cm³/mol. The van der Waals surface area contributed by atoms with Gasteiger partial charge in [0.25, 0.3) is 0 Å². The van der Waals surface area contributed by atoms with Crippen LogP contribution in [-0.2, 0) is 4.79 Å². The molecule has 0 atom stereocenters. The van der Waals surface area contributed by atoms with Crippen molar-refractivity contribution in [3.05, 3.63) is 0 Å². The first kappa shape index (κ1) is 13.1. The second-order valence-corrected chi connectivity index (χ2v) is 4.83. The number of hydrogen-bond donors (Lipinski definition) is 0. The average Bonchev–Trinajstić information content (AvgIpc) is 2.71. The Labute approximate surface area is 108 Å². The van der Waals surface area contributed by atoms with Crippen molar-refractivity contribution in [3.63, 3.8) is 0 Å². The van der Waals surface area contributed by atoms with E-state index >= 15 is 0 Å². The first-order valence-electron chi connectivity index (χ1n) is 6.70. The van der Waals surface area contributed by atoms with Crippen molar-refractivity contribution in [1.29, 1.82) is 0 Å². The normalized spacial score (nSPS) is 23.2. The Hall–Kier alpha value is -1.30. The lowest BCUT2D eigenvalue weighted by Gasteiger charge is -2.25. The molecule has 0 saturated carbocycles. The number of urea groups is 1. The van der Waals surface area contributed by atoms with Crippen molar-refractivity contribution >= 4 is 12.4 Å². The molecule has 0 aromatic heterocycles. The highest BCUT2D eigenvalue weighted by atomic mass is 16.2. The van der Waals surface area contributed by atoms with E-state index in [1.165, 1.54) is 0 Å². The van der Waals surface area contributed by atoms with E-state index in [-0.39, 0.29) is 6.03 Å². The second kappa shape index (κ2) is 6.04. The summed E-state index contributed by atoms with van der Waals surface area (Å²) in [4.78, 5) is 30.9. The van der Waals surface area contributed by atoms with Crippen LogP contribution in [0.25, 0.3) is 0 Å². The summed E-state index contributed by atoms with van der Waals surface area (Å²) in [5.74, 6) is 0. The third kappa shape index (κ3) is 2.93. The zero-order valence-electron chi connectivity index (χ0n) is 11.0. The molecule has 3 amide bonds. The van der Waals surface area contributed by atoms with Gasteiger partial charge in [0.1, 0.15) is 0 Å². The van der Waals surface area contributed by atoms with E-state index in [1.54, 1.807) is 4.90 Å². The van der Waals surface area contributed by atoms with Crippen LogP contribution in [0.4, 0.5) is 4.79 Å². The Morgan fingerprint density at radius 3 is 2.06 bits per heavy atom. The fourth-order valence-electron chi connectivity index (χ4n) is 2.47. The van der Waals surface area contributed by atoms with E-state index in [2.05, 4.69) is 11.8 Å². The van der Waals surface area contributed by atoms with Gasteiger partial charge in [-0.15, -0.1) is 0 Å². The van der Waals surface area contributed by atoms with E-state index < -0.39 is 0 Å². The molecule has 0 spiro atoms. The molecule has 0 unspecified atom stereocenters. The smallest absolute Gasteiger partial charge is 0.320 e. The van der Waals surface area contributed by atoms with Gasteiger partial charge >= 0.3 is 6.03 Å². The van der Waals surface area contributed by atoms with Crippen LogP contribution in [0, 0.1) is 0 Å². The van der Waals surface area contributed by atoms with E-state index in [0.29, 0.717) is 13.1 Å². The van der Waals surface area contributed by atoms with Crippen LogP contribution in [-0.4, -0.2) is 90.9 Å². The summed E-state index contributed by atoms with van der Waals surface area (Å²) in [6.07, 6.45) is 0.893. The lowest BCUT2D eigenvalue weighted by molar-refractivity contribution is -0.118. The maximum Gasteiger partial charge on any atom is 0.320 e. The third-order valence-corrected chi connectivity index (χ3v) is 3.82. The zero-order valence-corrected chi connectivity index (χ0v) is 11.0. The number of likely N-dealkylation sites (N-methyl/N-ethyl adjacent to an activating group) is 1. The maximum atomic E-state index is 12.1. The Kier molecular flexibility index (Phi) is 4.41. The van der Waals surface area contributed by atoms with Crippen molar-refractivity contribution in [2.75, 3.05) is 58.9 Å². The number of rotatable bonds is 2. The molecule has 6 nitrogen and oxygen atoms in total. The molecular formula is C12H22N4O2. The van der Waals surface area contributed by atoms with Crippen molar-refractivity contribution in [1.82, 2.24) is 19.6 Å². The number of fused-ring (bicyclic) bond motifs is 2. The summed E-state index contributed by atoms with van der Waals surface area (Å²) in [6.45, 7) is 9.29. The number of carbonyl (C=O) groups is 2. The van der Waals surface area contributed by atoms with Crippen LogP contribution >= 0.6 is 0 Å². The van der Waals surface area contributed by atoms with Crippen LogP contribution in [0.15, 0.2) is 0 Å².